The number of hydrogen-bond acceptors (Lipinski definition) is 2. The Hall–Kier alpha value is -1.41. The molecule has 71 valence electrons. The minimum absolute atomic E-state index is 0.675. The van der Waals surface area contributed by atoms with Crippen LogP contribution in [0.5, 0.6) is 0 Å². The molecule has 0 atom stereocenters. The molecule has 1 aromatic heterocycles. The summed E-state index contributed by atoms with van der Waals surface area (Å²) < 4.78 is 5.18. The van der Waals surface area contributed by atoms with Gasteiger partial charge >= 0.3 is 0 Å². The molecule has 0 saturated carbocycles. The minimum Gasteiger partial charge on any atom is -0.369 e. The van der Waals surface area contributed by atoms with Crippen LogP contribution in [0, 0.1) is 6.61 Å². The third-order valence-corrected chi connectivity index (χ3v) is 1.99. The standard InChI is InChI=1S/C12H12NO/c1-2-14-9-11-8-7-10-5-3-4-6-12(10)13-11/h3-9H,2H2,1H3. The molecule has 14 heavy (non-hydrogen) atoms. The second kappa shape index (κ2) is 4.20. The van der Waals surface area contributed by atoms with Crippen molar-refractivity contribution < 1.29 is 4.74 Å². The number of nitrogens with zero attached hydrogens (tertiary/aromatic N) is 1. The van der Waals surface area contributed by atoms with Gasteiger partial charge in [0.05, 0.1) is 11.2 Å². The number of benzene rings is 1. The van der Waals surface area contributed by atoms with Crippen LogP contribution in [0.15, 0.2) is 36.4 Å². The lowest BCUT2D eigenvalue weighted by molar-refractivity contribution is 0.228. The molecule has 2 rings (SSSR count). The number of hydrogen-bond donors (Lipinski definition) is 0. The molecule has 2 heteroatoms. The summed E-state index contributed by atoms with van der Waals surface area (Å²) in [5.74, 6) is 0. The van der Waals surface area contributed by atoms with Crippen LogP contribution >= 0.6 is 0 Å². The van der Waals surface area contributed by atoms with E-state index in [1.165, 1.54) is 0 Å². The Bertz CT molecular complexity index is 425. The topological polar surface area (TPSA) is 22.1 Å². The van der Waals surface area contributed by atoms with E-state index in [1.807, 2.05) is 43.3 Å². The Morgan fingerprint density at radius 1 is 1.21 bits per heavy atom. The molecular formula is C12H12NO. The zero-order valence-corrected chi connectivity index (χ0v) is 8.10. The van der Waals surface area contributed by atoms with Gasteiger partial charge in [0.2, 0.25) is 0 Å². The Labute approximate surface area is 83.5 Å². The first kappa shape index (κ1) is 9.16. The zero-order valence-electron chi connectivity index (χ0n) is 8.10. The van der Waals surface area contributed by atoms with Crippen LogP contribution in [-0.4, -0.2) is 11.6 Å². The maximum absolute atomic E-state index is 5.18. The van der Waals surface area contributed by atoms with Crippen LogP contribution in [0.3, 0.4) is 0 Å². The van der Waals surface area contributed by atoms with Crippen molar-refractivity contribution in [2.75, 3.05) is 6.61 Å². The average Bonchev–Trinajstić information content (AvgIpc) is 2.26. The molecule has 0 amide bonds. The highest BCUT2D eigenvalue weighted by Gasteiger charge is 1.97. The SMILES string of the molecule is CCO[CH]c1ccc2ccccc2n1. The van der Waals surface area contributed by atoms with Crippen LogP contribution < -0.4 is 0 Å². The van der Waals surface area contributed by atoms with Crippen molar-refractivity contribution in [3.8, 4) is 0 Å². The molecule has 0 aliphatic heterocycles. The van der Waals surface area contributed by atoms with Gasteiger partial charge < -0.3 is 4.74 Å². The van der Waals surface area contributed by atoms with Gasteiger partial charge in [0.25, 0.3) is 0 Å². The lowest BCUT2D eigenvalue weighted by atomic mass is 10.2. The maximum Gasteiger partial charge on any atom is 0.131 e. The van der Waals surface area contributed by atoms with Crippen molar-refractivity contribution in [3.05, 3.63) is 48.7 Å². The van der Waals surface area contributed by atoms with Crippen LogP contribution in [0.2, 0.25) is 0 Å². The summed E-state index contributed by atoms with van der Waals surface area (Å²) >= 11 is 0. The van der Waals surface area contributed by atoms with Crippen molar-refractivity contribution in [1.29, 1.82) is 0 Å². The fraction of sp³-hybridized carbons (Fsp3) is 0.167. The molecule has 2 nitrogen and oxygen atoms in total. The number of para-hydroxylation sites is 1. The number of pyridine rings is 1. The summed E-state index contributed by atoms with van der Waals surface area (Å²) in [6.45, 7) is 4.32. The minimum atomic E-state index is 0.675. The first-order chi connectivity index (χ1) is 6.90. The van der Waals surface area contributed by atoms with Crippen LogP contribution in [0.1, 0.15) is 12.6 Å². The highest BCUT2D eigenvalue weighted by molar-refractivity contribution is 5.78. The van der Waals surface area contributed by atoms with E-state index in [2.05, 4.69) is 4.98 Å². The summed E-state index contributed by atoms with van der Waals surface area (Å²) in [5.41, 5.74) is 1.87. The first-order valence-electron chi connectivity index (χ1n) is 4.71. The fourth-order valence-electron chi connectivity index (χ4n) is 1.32. The molecule has 1 heterocycles. The molecule has 0 spiro atoms. The number of rotatable bonds is 3. The van der Waals surface area contributed by atoms with E-state index in [4.69, 9.17) is 4.74 Å². The summed E-state index contributed by atoms with van der Waals surface area (Å²) in [7, 11) is 0. The maximum atomic E-state index is 5.18. The van der Waals surface area contributed by atoms with E-state index in [0.29, 0.717) is 6.61 Å². The quantitative estimate of drug-likeness (QED) is 0.735. The molecule has 1 aromatic carbocycles. The Kier molecular flexibility index (Phi) is 2.75. The number of aromatic nitrogens is 1. The van der Waals surface area contributed by atoms with Gasteiger partial charge in [-0.3, -0.25) is 0 Å². The molecule has 0 aliphatic carbocycles. The number of ether oxygens (including phenoxy) is 1. The predicted octanol–water partition coefficient (Wildman–Crippen LogP) is 2.78. The van der Waals surface area contributed by atoms with Gasteiger partial charge in [0.1, 0.15) is 6.61 Å². The molecule has 0 aliphatic rings. The van der Waals surface area contributed by atoms with Gasteiger partial charge in [-0.1, -0.05) is 24.3 Å². The summed E-state index contributed by atoms with van der Waals surface area (Å²) in [6.07, 6.45) is 0. The molecule has 0 N–H and O–H groups in total. The molecule has 2 aromatic rings. The average molecular weight is 186 g/mol. The largest absolute Gasteiger partial charge is 0.369 e. The first-order valence-corrected chi connectivity index (χ1v) is 4.71. The third-order valence-electron chi connectivity index (χ3n) is 1.99. The van der Waals surface area contributed by atoms with Crippen LogP contribution in [-0.2, 0) is 4.74 Å². The van der Waals surface area contributed by atoms with Crippen LogP contribution in [0.25, 0.3) is 10.9 Å². The summed E-state index contributed by atoms with van der Waals surface area (Å²) in [4.78, 5) is 4.43. The van der Waals surface area contributed by atoms with Gasteiger partial charge in [-0.25, -0.2) is 4.98 Å². The normalized spacial score (nSPS) is 10.6. The smallest absolute Gasteiger partial charge is 0.131 e. The summed E-state index contributed by atoms with van der Waals surface area (Å²) in [5, 5.41) is 1.15. The van der Waals surface area contributed by atoms with Crippen molar-refractivity contribution in [1.82, 2.24) is 4.98 Å². The third kappa shape index (κ3) is 1.91. The Morgan fingerprint density at radius 3 is 2.93 bits per heavy atom. The lowest BCUT2D eigenvalue weighted by Gasteiger charge is -2.01. The van der Waals surface area contributed by atoms with Crippen molar-refractivity contribution in [3.63, 3.8) is 0 Å². The molecule has 1 radical (unpaired) electrons. The van der Waals surface area contributed by atoms with E-state index in [1.54, 1.807) is 6.61 Å². The highest BCUT2D eigenvalue weighted by atomic mass is 16.5. The summed E-state index contributed by atoms with van der Waals surface area (Å²) in [6, 6.07) is 12.0. The van der Waals surface area contributed by atoms with E-state index in [9.17, 15) is 0 Å². The predicted molar refractivity (Wildman–Crippen MR) is 56.8 cm³/mol. The molecule has 0 unspecified atom stereocenters. The van der Waals surface area contributed by atoms with E-state index < -0.39 is 0 Å². The lowest BCUT2D eigenvalue weighted by Crippen LogP contribution is -1.92. The molecule has 0 fully saturated rings. The van der Waals surface area contributed by atoms with Crippen LogP contribution in [0.4, 0.5) is 0 Å². The Morgan fingerprint density at radius 2 is 2.07 bits per heavy atom. The number of fused-ring (bicyclic) bond motifs is 1. The molecule has 0 saturated heterocycles. The van der Waals surface area contributed by atoms with Crippen molar-refractivity contribution in [2.45, 2.75) is 6.92 Å². The zero-order chi connectivity index (χ0) is 9.80. The van der Waals surface area contributed by atoms with Gasteiger partial charge in [-0.05, 0) is 19.1 Å². The van der Waals surface area contributed by atoms with Gasteiger partial charge in [-0.15, -0.1) is 0 Å². The van der Waals surface area contributed by atoms with Crippen molar-refractivity contribution >= 4 is 10.9 Å². The second-order valence-corrected chi connectivity index (χ2v) is 3.00. The molecular weight excluding hydrogens is 174 g/mol. The van der Waals surface area contributed by atoms with Gasteiger partial charge in [-0.2, -0.15) is 0 Å². The van der Waals surface area contributed by atoms with Gasteiger partial charge in [0, 0.05) is 12.0 Å². The van der Waals surface area contributed by atoms with E-state index in [0.717, 1.165) is 16.6 Å². The second-order valence-electron chi connectivity index (χ2n) is 3.00. The van der Waals surface area contributed by atoms with E-state index in [-0.39, 0.29) is 0 Å². The van der Waals surface area contributed by atoms with Gasteiger partial charge in [0.15, 0.2) is 0 Å². The fourth-order valence-corrected chi connectivity index (χ4v) is 1.32. The highest BCUT2D eigenvalue weighted by Crippen LogP contribution is 2.12. The molecule has 0 bridgehead atoms. The van der Waals surface area contributed by atoms with Crippen molar-refractivity contribution in [2.24, 2.45) is 0 Å². The van der Waals surface area contributed by atoms with E-state index >= 15 is 0 Å². The Balaban J connectivity index is 2.32. The monoisotopic (exact) mass is 186 g/mol.